The third-order valence-corrected chi connectivity index (χ3v) is 2.85. The Labute approximate surface area is 116 Å². The van der Waals surface area contributed by atoms with Gasteiger partial charge in [-0.2, -0.15) is 0 Å². The molecular weight excluding hydrogens is 260 g/mol. The van der Waals surface area contributed by atoms with Gasteiger partial charge in [0.2, 0.25) is 0 Å². The van der Waals surface area contributed by atoms with Crippen LogP contribution < -0.4 is 10.5 Å². The summed E-state index contributed by atoms with van der Waals surface area (Å²) in [7, 11) is 0. The topological polar surface area (TPSA) is 96.2 Å². The van der Waals surface area contributed by atoms with Gasteiger partial charge < -0.3 is 15.0 Å². The SMILES string of the molecule is NCc1cc([N+](=O)[O-])ccc1OCCCn1ccnc1. The Kier molecular flexibility index (Phi) is 4.67. The molecule has 7 heteroatoms. The first kappa shape index (κ1) is 14.0. The number of nitro benzene ring substituents is 1. The number of imidazole rings is 1. The summed E-state index contributed by atoms with van der Waals surface area (Å²) in [6.07, 6.45) is 6.18. The van der Waals surface area contributed by atoms with E-state index in [2.05, 4.69) is 4.98 Å². The molecule has 106 valence electrons. The normalized spacial score (nSPS) is 10.4. The first-order chi connectivity index (χ1) is 9.70. The fourth-order valence-electron chi connectivity index (χ4n) is 1.83. The van der Waals surface area contributed by atoms with Gasteiger partial charge in [0.15, 0.2) is 0 Å². The van der Waals surface area contributed by atoms with E-state index in [1.54, 1.807) is 18.6 Å². The zero-order chi connectivity index (χ0) is 14.4. The van der Waals surface area contributed by atoms with Crippen LogP contribution in [0.5, 0.6) is 5.75 Å². The molecule has 0 aliphatic carbocycles. The minimum absolute atomic E-state index is 0.0243. The second-order valence-electron chi connectivity index (χ2n) is 4.26. The van der Waals surface area contributed by atoms with Crippen molar-refractivity contribution in [1.82, 2.24) is 9.55 Å². The van der Waals surface area contributed by atoms with Crippen LogP contribution in [0.25, 0.3) is 0 Å². The Bertz CT molecular complexity index is 569. The predicted molar refractivity (Wildman–Crippen MR) is 73.3 cm³/mol. The van der Waals surface area contributed by atoms with Crippen LogP contribution in [0.1, 0.15) is 12.0 Å². The molecular formula is C13H16N4O3. The highest BCUT2D eigenvalue weighted by atomic mass is 16.6. The number of rotatable bonds is 7. The third kappa shape index (κ3) is 3.55. The highest BCUT2D eigenvalue weighted by molar-refractivity contribution is 5.43. The summed E-state index contributed by atoms with van der Waals surface area (Å²) >= 11 is 0. The number of benzene rings is 1. The van der Waals surface area contributed by atoms with Gasteiger partial charge in [-0.1, -0.05) is 0 Å². The fourth-order valence-corrected chi connectivity index (χ4v) is 1.83. The minimum Gasteiger partial charge on any atom is -0.493 e. The summed E-state index contributed by atoms with van der Waals surface area (Å²) in [6, 6.07) is 4.47. The highest BCUT2D eigenvalue weighted by Gasteiger charge is 2.10. The van der Waals surface area contributed by atoms with E-state index in [0.717, 1.165) is 13.0 Å². The molecule has 20 heavy (non-hydrogen) atoms. The van der Waals surface area contributed by atoms with Crippen LogP contribution in [0.2, 0.25) is 0 Å². The lowest BCUT2D eigenvalue weighted by Gasteiger charge is -2.10. The molecule has 1 aromatic carbocycles. The van der Waals surface area contributed by atoms with Crippen LogP contribution in [-0.4, -0.2) is 21.1 Å². The van der Waals surface area contributed by atoms with Crippen molar-refractivity contribution in [2.75, 3.05) is 6.61 Å². The van der Waals surface area contributed by atoms with Gasteiger partial charge in [0.1, 0.15) is 5.75 Å². The zero-order valence-corrected chi connectivity index (χ0v) is 10.9. The number of hydrogen-bond acceptors (Lipinski definition) is 5. The van der Waals surface area contributed by atoms with E-state index in [1.807, 2.05) is 10.8 Å². The van der Waals surface area contributed by atoms with Crippen molar-refractivity contribution in [2.45, 2.75) is 19.5 Å². The average Bonchev–Trinajstić information content (AvgIpc) is 2.96. The van der Waals surface area contributed by atoms with Gasteiger partial charge in [0, 0.05) is 43.2 Å². The molecule has 1 aromatic heterocycles. The molecule has 0 amide bonds. The molecule has 0 atom stereocenters. The van der Waals surface area contributed by atoms with Gasteiger partial charge in [-0.05, 0) is 12.5 Å². The third-order valence-electron chi connectivity index (χ3n) is 2.85. The second-order valence-corrected chi connectivity index (χ2v) is 4.26. The van der Waals surface area contributed by atoms with Crippen LogP contribution in [-0.2, 0) is 13.1 Å². The molecule has 0 aliphatic rings. The Balaban J connectivity index is 1.90. The first-order valence-corrected chi connectivity index (χ1v) is 6.26. The van der Waals surface area contributed by atoms with Crippen LogP contribution in [0, 0.1) is 10.1 Å². The van der Waals surface area contributed by atoms with E-state index < -0.39 is 4.92 Å². The van der Waals surface area contributed by atoms with Crippen molar-refractivity contribution in [2.24, 2.45) is 5.73 Å². The van der Waals surface area contributed by atoms with Crippen molar-refractivity contribution in [3.05, 3.63) is 52.6 Å². The Morgan fingerprint density at radius 3 is 2.95 bits per heavy atom. The number of nitro groups is 1. The molecule has 0 spiro atoms. The number of nitrogens with zero attached hydrogens (tertiary/aromatic N) is 3. The maximum absolute atomic E-state index is 10.7. The molecule has 2 aromatic rings. The maximum Gasteiger partial charge on any atom is 0.270 e. The van der Waals surface area contributed by atoms with Gasteiger partial charge in [0.05, 0.1) is 17.9 Å². The highest BCUT2D eigenvalue weighted by Crippen LogP contribution is 2.23. The Morgan fingerprint density at radius 2 is 2.30 bits per heavy atom. The monoisotopic (exact) mass is 276 g/mol. The number of nitrogens with two attached hydrogens (primary N) is 1. The maximum atomic E-state index is 10.7. The lowest BCUT2D eigenvalue weighted by Crippen LogP contribution is -2.06. The van der Waals surface area contributed by atoms with E-state index >= 15 is 0 Å². The van der Waals surface area contributed by atoms with Gasteiger partial charge in [-0.3, -0.25) is 10.1 Å². The molecule has 0 saturated carbocycles. The van der Waals surface area contributed by atoms with Crippen molar-refractivity contribution < 1.29 is 9.66 Å². The minimum atomic E-state index is -0.442. The molecule has 2 rings (SSSR count). The fraction of sp³-hybridized carbons (Fsp3) is 0.308. The predicted octanol–water partition coefficient (Wildman–Crippen LogP) is 1.72. The molecule has 1 heterocycles. The summed E-state index contributed by atoms with van der Waals surface area (Å²) in [5, 5.41) is 10.7. The Hall–Kier alpha value is -2.41. The Morgan fingerprint density at radius 1 is 1.45 bits per heavy atom. The van der Waals surface area contributed by atoms with Gasteiger partial charge in [0.25, 0.3) is 5.69 Å². The van der Waals surface area contributed by atoms with E-state index in [4.69, 9.17) is 10.5 Å². The van der Waals surface area contributed by atoms with Crippen molar-refractivity contribution in [1.29, 1.82) is 0 Å². The molecule has 2 N–H and O–H groups in total. The smallest absolute Gasteiger partial charge is 0.270 e. The summed E-state index contributed by atoms with van der Waals surface area (Å²) in [6.45, 7) is 1.53. The van der Waals surface area contributed by atoms with E-state index in [1.165, 1.54) is 12.1 Å². The number of non-ortho nitro benzene ring substituents is 1. The molecule has 0 saturated heterocycles. The van der Waals surface area contributed by atoms with Crippen LogP contribution in [0.15, 0.2) is 36.9 Å². The standard InChI is InChI=1S/C13H16N4O3/c14-9-11-8-12(17(18)19)2-3-13(11)20-7-1-5-16-6-4-15-10-16/h2-4,6,8,10H,1,5,7,9,14H2. The van der Waals surface area contributed by atoms with Gasteiger partial charge in [-0.25, -0.2) is 4.98 Å². The lowest BCUT2D eigenvalue weighted by atomic mass is 10.2. The zero-order valence-electron chi connectivity index (χ0n) is 10.9. The molecule has 0 unspecified atom stereocenters. The van der Waals surface area contributed by atoms with Gasteiger partial charge >= 0.3 is 0 Å². The average molecular weight is 276 g/mol. The molecule has 0 radical (unpaired) electrons. The second kappa shape index (κ2) is 6.67. The van der Waals surface area contributed by atoms with Crippen molar-refractivity contribution >= 4 is 5.69 Å². The summed E-state index contributed by atoms with van der Waals surface area (Å²) < 4.78 is 7.59. The van der Waals surface area contributed by atoms with Crippen LogP contribution in [0.3, 0.4) is 0 Å². The number of aromatic nitrogens is 2. The van der Waals surface area contributed by atoms with E-state index in [-0.39, 0.29) is 12.2 Å². The first-order valence-electron chi connectivity index (χ1n) is 6.26. The number of hydrogen-bond donors (Lipinski definition) is 1. The molecule has 0 bridgehead atoms. The quantitative estimate of drug-likeness (QED) is 0.472. The van der Waals surface area contributed by atoms with Crippen LogP contribution in [0.4, 0.5) is 5.69 Å². The summed E-state index contributed by atoms with van der Waals surface area (Å²) in [5.74, 6) is 0.601. The lowest BCUT2D eigenvalue weighted by molar-refractivity contribution is -0.384. The van der Waals surface area contributed by atoms with E-state index in [0.29, 0.717) is 17.9 Å². The molecule has 0 fully saturated rings. The number of ether oxygens (including phenoxy) is 1. The summed E-state index contributed by atoms with van der Waals surface area (Å²) in [4.78, 5) is 14.2. The van der Waals surface area contributed by atoms with Crippen LogP contribution >= 0.6 is 0 Å². The van der Waals surface area contributed by atoms with E-state index in [9.17, 15) is 10.1 Å². The number of aryl methyl sites for hydroxylation is 1. The van der Waals surface area contributed by atoms with Crippen molar-refractivity contribution in [3.63, 3.8) is 0 Å². The molecule has 7 nitrogen and oxygen atoms in total. The van der Waals surface area contributed by atoms with Crippen molar-refractivity contribution in [3.8, 4) is 5.75 Å². The largest absolute Gasteiger partial charge is 0.493 e. The van der Waals surface area contributed by atoms with Gasteiger partial charge in [-0.15, -0.1) is 0 Å². The summed E-state index contributed by atoms with van der Waals surface area (Å²) in [5.41, 5.74) is 6.25. The molecule has 0 aliphatic heterocycles.